The van der Waals surface area contributed by atoms with E-state index in [9.17, 15) is 22.8 Å². The fourth-order valence-corrected chi connectivity index (χ4v) is 3.96. The molecule has 1 aliphatic rings. The Morgan fingerprint density at radius 1 is 1.28 bits per heavy atom. The van der Waals surface area contributed by atoms with Gasteiger partial charge in [-0.2, -0.15) is 18.4 Å². The van der Waals surface area contributed by atoms with Gasteiger partial charge in [-0.05, 0) is 29.6 Å². The second kappa shape index (κ2) is 8.13. The Hall–Kier alpha value is -3.06. The highest BCUT2D eigenvalue weighted by Crippen LogP contribution is 2.35. The molecule has 2 aromatic rings. The van der Waals surface area contributed by atoms with E-state index >= 15 is 0 Å². The highest BCUT2D eigenvalue weighted by molar-refractivity contribution is 7.12. The average molecular weight is 422 g/mol. The van der Waals surface area contributed by atoms with Crippen molar-refractivity contribution in [3.05, 3.63) is 51.7 Å². The number of carbonyl (C=O) groups excluding carboxylic acids is 2. The average Bonchev–Trinajstić information content (AvgIpc) is 3.26. The van der Waals surface area contributed by atoms with Crippen LogP contribution in [0.15, 0.2) is 35.7 Å². The van der Waals surface area contributed by atoms with E-state index in [2.05, 4.69) is 5.32 Å². The second-order valence-corrected chi connectivity index (χ2v) is 7.34. The van der Waals surface area contributed by atoms with Gasteiger partial charge >= 0.3 is 6.18 Å². The number of halogens is 3. The second-order valence-electron chi connectivity index (χ2n) is 6.39. The summed E-state index contributed by atoms with van der Waals surface area (Å²) in [5.41, 5.74) is -1.36. The van der Waals surface area contributed by atoms with Gasteiger partial charge in [0.2, 0.25) is 5.91 Å². The number of nitrogens with one attached hydrogen (secondary N) is 1. The molecule has 1 aromatic carbocycles. The Morgan fingerprint density at radius 2 is 2.03 bits per heavy atom. The molecule has 1 N–H and O–H groups in total. The van der Waals surface area contributed by atoms with Gasteiger partial charge in [-0.3, -0.25) is 9.59 Å². The van der Waals surface area contributed by atoms with E-state index in [1.807, 2.05) is 0 Å². The fourth-order valence-electron chi connectivity index (χ4n) is 3.27. The van der Waals surface area contributed by atoms with Crippen LogP contribution in [0.4, 0.5) is 18.9 Å². The van der Waals surface area contributed by atoms with Crippen molar-refractivity contribution in [3.63, 3.8) is 0 Å². The first kappa shape index (κ1) is 20.7. The third kappa shape index (κ3) is 4.19. The zero-order chi connectivity index (χ0) is 21.2. The molecule has 1 saturated heterocycles. The largest absolute Gasteiger partial charge is 0.417 e. The molecule has 0 bridgehead atoms. The number of rotatable bonds is 3. The van der Waals surface area contributed by atoms with Gasteiger partial charge in [-0.15, -0.1) is 11.3 Å². The number of nitriles is 1. The number of hydrogen-bond acceptors (Lipinski definition) is 5. The number of alkyl halides is 3. The summed E-state index contributed by atoms with van der Waals surface area (Å²) in [6.07, 6.45) is -4.69. The minimum atomic E-state index is -4.69. The predicted molar refractivity (Wildman–Crippen MR) is 102 cm³/mol. The maximum absolute atomic E-state index is 13.3. The van der Waals surface area contributed by atoms with Crippen molar-refractivity contribution >= 4 is 28.8 Å². The Morgan fingerprint density at radius 3 is 2.62 bits per heavy atom. The summed E-state index contributed by atoms with van der Waals surface area (Å²) in [6.45, 7) is 0.474. The van der Waals surface area contributed by atoms with Gasteiger partial charge in [0.15, 0.2) is 0 Å². The predicted octanol–water partition coefficient (Wildman–Crippen LogP) is 2.72. The van der Waals surface area contributed by atoms with E-state index in [0.29, 0.717) is 4.88 Å². The van der Waals surface area contributed by atoms with Crippen LogP contribution in [0.3, 0.4) is 0 Å². The maximum atomic E-state index is 13.3. The maximum Gasteiger partial charge on any atom is 0.417 e. The van der Waals surface area contributed by atoms with Crippen LogP contribution in [-0.4, -0.2) is 49.4 Å². The molecular weight excluding hydrogens is 405 g/mol. The van der Waals surface area contributed by atoms with Crippen LogP contribution in [0.1, 0.15) is 20.8 Å². The summed E-state index contributed by atoms with van der Waals surface area (Å²) < 4.78 is 40.0. The normalized spacial score (nSPS) is 17.0. The number of nitrogens with zero attached hydrogens (tertiary/aromatic N) is 3. The molecule has 1 aromatic heterocycles. The number of anilines is 1. The first-order chi connectivity index (χ1) is 13.8. The smallest absolute Gasteiger partial charge is 0.357 e. The number of amides is 2. The molecular formula is C19H17F3N4O2S. The zero-order valence-corrected chi connectivity index (χ0v) is 16.2. The Bertz CT molecular complexity index is 953. The molecule has 2 heterocycles. The summed E-state index contributed by atoms with van der Waals surface area (Å²) in [4.78, 5) is 28.7. The molecule has 0 spiro atoms. The van der Waals surface area contributed by atoms with Gasteiger partial charge in [0.1, 0.15) is 6.04 Å². The highest BCUT2D eigenvalue weighted by atomic mass is 32.1. The minimum absolute atomic E-state index is 0.0394. The van der Waals surface area contributed by atoms with Gasteiger partial charge < -0.3 is 15.1 Å². The van der Waals surface area contributed by atoms with E-state index in [1.165, 1.54) is 34.3 Å². The molecule has 0 aliphatic carbocycles. The Labute approximate surface area is 169 Å². The molecule has 2 amide bonds. The van der Waals surface area contributed by atoms with E-state index in [4.69, 9.17) is 5.26 Å². The van der Waals surface area contributed by atoms with Gasteiger partial charge in [-0.25, -0.2) is 0 Å². The number of benzene rings is 1. The van der Waals surface area contributed by atoms with Crippen LogP contribution < -0.4 is 10.2 Å². The molecule has 6 nitrogen and oxygen atoms in total. The van der Waals surface area contributed by atoms with Crippen molar-refractivity contribution < 1.29 is 22.8 Å². The monoisotopic (exact) mass is 422 g/mol. The molecule has 1 fully saturated rings. The van der Waals surface area contributed by atoms with Crippen molar-refractivity contribution in [2.75, 3.05) is 31.6 Å². The number of carbonyl (C=O) groups is 2. The first-order valence-corrected chi connectivity index (χ1v) is 9.56. The lowest BCUT2D eigenvalue weighted by atomic mass is 10.0. The lowest BCUT2D eigenvalue weighted by Gasteiger charge is -2.41. The van der Waals surface area contributed by atoms with Gasteiger partial charge in [0, 0.05) is 25.8 Å². The molecule has 10 heteroatoms. The van der Waals surface area contributed by atoms with E-state index in [-0.39, 0.29) is 31.2 Å². The van der Waals surface area contributed by atoms with Crippen molar-refractivity contribution in [2.24, 2.45) is 0 Å². The van der Waals surface area contributed by atoms with Crippen LogP contribution in [0.2, 0.25) is 0 Å². The molecule has 1 atom stereocenters. The lowest BCUT2D eigenvalue weighted by molar-refractivity contribution is -0.137. The van der Waals surface area contributed by atoms with Crippen LogP contribution >= 0.6 is 11.3 Å². The van der Waals surface area contributed by atoms with Crippen molar-refractivity contribution in [3.8, 4) is 6.07 Å². The van der Waals surface area contributed by atoms with Crippen molar-refractivity contribution in [2.45, 2.75) is 12.2 Å². The van der Waals surface area contributed by atoms with E-state index < -0.39 is 29.3 Å². The molecule has 152 valence electrons. The topological polar surface area (TPSA) is 76.4 Å². The number of piperazine rings is 1. The van der Waals surface area contributed by atoms with Crippen molar-refractivity contribution in [1.29, 1.82) is 5.26 Å². The van der Waals surface area contributed by atoms with Gasteiger partial charge in [0.25, 0.3) is 5.91 Å². The third-order valence-corrected chi connectivity index (χ3v) is 5.57. The lowest BCUT2D eigenvalue weighted by Crippen LogP contribution is -2.60. The zero-order valence-electron chi connectivity index (χ0n) is 15.4. The summed E-state index contributed by atoms with van der Waals surface area (Å²) in [7, 11) is 1.43. The van der Waals surface area contributed by atoms with Crippen LogP contribution in [0.25, 0.3) is 0 Å². The Kier molecular flexibility index (Phi) is 5.79. The quantitative estimate of drug-likeness (QED) is 0.825. The molecule has 0 radical (unpaired) electrons. The molecule has 0 saturated carbocycles. The Balaban J connectivity index is 1.92. The highest BCUT2D eigenvalue weighted by Gasteiger charge is 2.37. The number of likely N-dealkylation sites (N-methyl/N-ethyl adjacent to an activating group) is 1. The minimum Gasteiger partial charge on any atom is -0.357 e. The van der Waals surface area contributed by atoms with Crippen LogP contribution in [-0.2, 0) is 11.0 Å². The summed E-state index contributed by atoms with van der Waals surface area (Å²) in [6, 6.07) is 7.49. The van der Waals surface area contributed by atoms with Gasteiger partial charge in [0.05, 0.1) is 28.6 Å². The standard InChI is InChI=1S/C19H17F3N4O2S/c1-24-17(27)15-11-25(18(28)16-3-2-8-29-16)6-7-26(15)13-5-4-12(10-23)14(9-13)19(20,21)22/h2-5,8-9,15H,6-7,11H2,1H3,(H,24,27). The fraction of sp³-hybridized carbons (Fsp3) is 0.316. The summed E-state index contributed by atoms with van der Waals surface area (Å²) in [5, 5.41) is 13.3. The summed E-state index contributed by atoms with van der Waals surface area (Å²) in [5.74, 6) is -0.629. The number of hydrogen-bond donors (Lipinski definition) is 1. The van der Waals surface area contributed by atoms with E-state index in [0.717, 1.165) is 12.1 Å². The van der Waals surface area contributed by atoms with Crippen LogP contribution in [0.5, 0.6) is 0 Å². The van der Waals surface area contributed by atoms with Crippen LogP contribution in [0, 0.1) is 11.3 Å². The number of thiophene rings is 1. The molecule has 1 unspecified atom stereocenters. The van der Waals surface area contributed by atoms with E-state index in [1.54, 1.807) is 23.6 Å². The van der Waals surface area contributed by atoms with Gasteiger partial charge in [-0.1, -0.05) is 6.07 Å². The van der Waals surface area contributed by atoms with Crippen molar-refractivity contribution in [1.82, 2.24) is 10.2 Å². The molecule has 3 rings (SSSR count). The SMILES string of the molecule is CNC(=O)C1CN(C(=O)c2cccs2)CCN1c1ccc(C#N)c(C(F)(F)F)c1. The first-order valence-electron chi connectivity index (χ1n) is 8.68. The molecule has 1 aliphatic heterocycles. The summed E-state index contributed by atoms with van der Waals surface area (Å²) >= 11 is 1.29. The molecule has 29 heavy (non-hydrogen) atoms. The third-order valence-electron chi connectivity index (χ3n) is 4.71.